The number of para-hydroxylation sites is 1. The van der Waals surface area contributed by atoms with Crippen molar-refractivity contribution in [3.63, 3.8) is 0 Å². The van der Waals surface area contributed by atoms with Gasteiger partial charge in [-0.2, -0.15) is 0 Å². The Morgan fingerprint density at radius 3 is 1.86 bits per heavy atom. The number of rotatable bonds is 8. The molecule has 1 aliphatic heterocycles. The summed E-state index contributed by atoms with van der Waals surface area (Å²) in [4.78, 5) is 2.37. The minimum absolute atomic E-state index is 0.355. The molecule has 11 rings (SSSR count). The van der Waals surface area contributed by atoms with E-state index in [2.05, 4.69) is 212 Å². The first-order valence-corrected chi connectivity index (χ1v) is 25.5. The normalized spacial score (nSPS) is 15.5. The molecule has 0 aromatic heterocycles. The average molecular weight is 927 g/mol. The van der Waals surface area contributed by atoms with E-state index in [1.807, 2.05) is 71.0 Å². The number of nitrogens with zero attached hydrogens (tertiary/aromatic N) is 1. The minimum Gasteiger partial charge on any atom is -0.399 e. The molecule has 0 amide bonds. The van der Waals surface area contributed by atoms with E-state index in [0.29, 0.717) is 0 Å². The molecule has 1 heterocycles. The van der Waals surface area contributed by atoms with Crippen LogP contribution in [0.4, 0.5) is 11.4 Å². The van der Waals surface area contributed by atoms with Crippen LogP contribution in [0.3, 0.4) is 0 Å². The predicted octanol–water partition coefficient (Wildman–Crippen LogP) is 18.9. The van der Waals surface area contributed by atoms with E-state index >= 15 is 0 Å². The largest absolute Gasteiger partial charge is 0.399 e. The second-order valence-corrected chi connectivity index (χ2v) is 17.3. The Bertz CT molecular complexity index is 3100. The van der Waals surface area contributed by atoms with Crippen molar-refractivity contribution in [3.8, 4) is 33.4 Å². The Hall–Kier alpha value is -7.94. The lowest BCUT2D eigenvalue weighted by atomic mass is 9.62. The lowest BCUT2D eigenvalue weighted by molar-refractivity contribution is 0.663. The first kappa shape index (κ1) is 50.9. The van der Waals surface area contributed by atoms with Gasteiger partial charge in [0.1, 0.15) is 0 Å². The van der Waals surface area contributed by atoms with Crippen LogP contribution in [0.5, 0.6) is 0 Å². The fourth-order valence-electron chi connectivity index (χ4n) is 10.2. The molecule has 1 spiro atoms. The van der Waals surface area contributed by atoms with E-state index in [9.17, 15) is 0 Å². The maximum Gasteiger partial charge on any atom is 0.0717 e. The lowest BCUT2D eigenvalue weighted by Gasteiger charge is -2.46. The molecule has 356 valence electrons. The molecule has 71 heavy (non-hydrogen) atoms. The van der Waals surface area contributed by atoms with Crippen LogP contribution >= 0.6 is 0 Å². The molecule has 2 N–H and O–H groups in total. The summed E-state index contributed by atoms with van der Waals surface area (Å²) >= 11 is 0. The summed E-state index contributed by atoms with van der Waals surface area (Å²) in [5, 5.41) is 0. The predicted molar refractivity (Wildman–Crippen MR) is 310 cm³/mol. The van der Waals surface area contributed by atoms with Gasteiger partial charge in [0.2, 0.25) is 0 Å². The molecule has 0 saturated carbocycles. The van der Waals surface area contributed by atoms with Gasteiger partial charge in [-0.3, -0.25) is 0 Å². The Labute approximate surface area is 425 Å². The highest BCUT2D eigenvalue weighted by Crippen LogP contribution is 2.62. The topological polar surface area (TPSA) is 29.3 Å². The van der Waals surface area contributed by atoms with E-state index in [1.54, 1.807) is 6.08 Å². The molecule has 0 fully saturated rings. The Morgan fingerprint density at radius 2 is 1.15 bits per heavy atom. The van der Waals surface area contributed by atoms with Crippen molar-refractivity contribution in [2.75, 3.05) is 10.6 Å². The van der Waals surface area contributed by atoms with E-state index in [1.165, 1.54) is 83.7 Å². The third kappa shape index (κ3) is 11.1. The van der Waals surface area contributed by atoms with Crippen LogP contribution in [0.1, 0.15) is 93.7 Å². The van der Waals surface area contributed by atoms with Gasteiger partial charge in [-0.15, -0.1) is 6.58 Å². The highest BCUT2D eigenvalue weighted by atomic mass is 15.1. The number of hydrogen-bond donors (Lipinski definition) is 1. The second-order valence-electron chi connectivity index (χ2n) is 17.3. The number of benzene rings is 7. The van der Waals surface area contributed by atoms with Gasteiger partial charge in [0.15, 0.2) is 0 Å². The van der Waals surface area contributed by atoms with Crippen molar-refractivity contribution in [2.45, 2.75) is 72.1 Å². The summed E-state index contributed by atoms with van der Waals surface area (Å²) in [5.41, 5.74) is 27.5. The number of hydrogen-bond acceptors (Lipinski definition) is 2. The molecule has 4 aliphatic rings. The van der Waals surface area contributed by atoms with Gasteiger partial charge in [0, 0.05) is 17.6 Å². The molecule has 7 aromatic carbocycles. The standard InChI is InChI=1S/C43H34N2.C19H18.C3H6.2C2H6/c1-2-3-4-11-26-45-41-22-9-7-20-39(41)43(40-21-8-10-23-42(40)45)37-19-6-5-18-35(37)36-29-33(24-25-38(36)43)31-15-12-14-30(27-31)32-16-13-17-34(44)28-32;1-3-7-16(8-4-1)15-17-11-13-19(14-12-17)18-9-5-2-6-10-18;1-3-2;2*1-2/h2-7,9-20,22-29H,1,8,21,44H2;1-5,7-9,11-14H,6,10,15H2;3H,1H2,2H3;2*1-2H3/b4-3-,26-11-;;;;. The maximum atomic E-state index is 6.12. The Balaban J connectivity index is 0.000000237. The van der Waals surface area contributed by atoms with Crippen LogP contribution in [0, 0.1) is 0 Å². The molecule has 2 nitrogen and oxygen atoms in total. The number of anilines is 2. The van der Waals surface area contributed by atoms with Gasteiger partial charge >= 0.3 is 0 Å². The summed E-state index contributed by atoms with van der Waals surface area (Å²) in [6, 6.07) is 61.7. The van der Waals surface area contributed by atoms with Gasteiger partial charge in [-0.05, 0) is 159 Å². The van der Waals surface area contributed by atoms with Crippen molar-refractivity contribution in [1.29, 1.82) is 0 Å². The number of fused-ring (bicyclic) bond motifs is 8. The zero-order valence-corrected chi connectivity index (χ0v) is 42.5. The monoisotopic (exact) mass is 927 g/mol. The summed E-state index contributed by atoms with van der Waals surface area (Å²) in [7, 11) is 0. The zero-order chi connectivity index (χ0) is 50.0. The lowest BCUT2D eigenvalue weighted by Crippen LogP contribution is -2.39. The SMILES string of the molecule is C1=CCCC(c2ccc(Cc3ccccc3)cc2)=C1.C=C/C=C\C=C/N1C2=C(CCC=C2)C2(c3ccccc3-c3cc(-c4cccc(-c5cccc(N)c5)c4)ccc32)c2ccccc21.C=CC.CC.CC. The van der Waals surface area contributed by atoms with Crippen LogP contribution in [0.25, 0.3) is 39.0 Å². The minimum atomic E-state index is -0.355. The smallest absolute Gasteiger partial charge is 0.0717 e. The zero-order valence-electron chi connectivity index (χ0n) is 42.5. The average Bonchev–Trinajstić information content (AvgIpc) is 3.73. The number of nitrogens with two attached hydrogens (primary N) is 1. The van der Waals surface area contributed by atoms with Gasteiger partial charge in [0.05, 0.1) is 11.1 Å². The quantitative estimate of drug-likeness (QED) is 0.0935. The van der Waals surface area contributed by atoms with E-state index < -0.39 is 0 Å². The van der Waals surface area contributed by atoms with Crippen molar-refractivity contribution < 1.29 is 0 Å². The second kappa shape index (κ2) is 25.1. The van der Waals surface area contributed by atoms with Gasteiger partial charge in [-0.1, -0.05) is 222 Å². The first-order chi connectivity index (χ1) is 35.0. The van der Waals surface area contributed by atoms with Crippen LogP contribution < -0.4 is 10.6 Å². The van der Waals surface area contributed by atoms with Crippen molar-refractivity contribution >= 4 is 16.9 Å². The third-order valence-electron chi connectivity index (χ3n) is 13.1. The molecule has 0 saturated heterocycles. The molecular weight excluding hydrogens is 857 g/mol. The Kier molecular flexibility index (Phi) is 18.0. The van der Waals surface area contributed by atoms with E-state index in [0.717, 1.165) is 43.4 Å². The first-order valence-electron chi connectivity index (χ1n) is 25.5. The van der Waals surface area contributed by atoms with Crippen LogP contribution in [0.2, 0.25) is 0 Å². The summed E-state index contributed by atoms with van der Waals surface area (Å²) in [6.07, 6.45) is 28.5. The fraction of sp³-hybridized carbons (Fsp3) is 0.159. The van der Waals surface area contributed by atoms with Crippen molar-refractivity contribution in [3.05, 3.63) is 295 Å². The molecule has 3 aliphatic carbocycles. The van der Waals surface area contributed by atoms with Gasteiger partial charge in [0.25, 0.3) is 0 Å². The van der Waals surface area contributed by atoms with Crippen LogP contribution in [-0.2, 0) is 11.8 Å². The highest BCUT2D eigenvalue weighted by molar-refractivity contribution is 5.92. The number of allylic oxidation sites excluding steroid dienone is 12. The van der Waals surface area contributed by atoms with Crippen molar-refractivity contribution in [2.24, 2.45) is 0 Å². The number of nitrogen functional groups attached to an aromatic ring is 1. The van der Waals surface area contributed by atoms with Gasteiger partial charge < -0.3 is 10.6 Å². The van der Waals surface area contributed by atoms with Crippen LogP contribution in [0.15, 0.2) is 261 Å². The van der Waals surface area contributed by atoms with Crippen molar-refractivity contribution in [1.82, 2.24) is 0 Å². The molecule has 0 bridgehead atoms. The Morgan fingerprint density at radius 1 is 0.549 bits per heavy atom. The van der Waals surface area contributed by atoms with Crippen LogP contribution in [-0.4, -0.2) is 0 Å². The highest BCUT2D eigenvalue weighted by Gasteiger charge is 2.52. The molecule has 0 radical (unpaired) electrons. The summed E-state index contributed by atoms with van der Waals surface area (Å²) in [5.74, 6) is 0. The maximum absolute atomic E-state index is 6.12. The summed E-state index contributed by atoms with van der Waals surface area (Å²) in [6.45, 7) is 17.1. The molecule has 7 aromatic rings. The summed E-state index contributed by atoms with van der Waals surface area (Å²) < 4.78 is 0. The third-order valence-corrected chi connectivity index (χ3v) is 13.1. The molecule has 1 atom stereocenters. The molecule has 2 heteroatoms. The molecule has 1 unspecified atom stereocenters. The molecular formula is C69H70N2. The fourth-order valence-corrected chi connectivity index (χ4v) is 10.2. The van der Waals surface area contributed by atoms with E-state index in [4.69, 9.17) is 5.73 Å². The van der Waals surface area contributed by atoms with Gasteiger partial charge in [-0.25, -0.2) is 0 Å². The van der Waals surface area contributed by atoms with E-state index in [-0.39, 0.29) is 5.41 Å².